The van der Waals surface area contributed by atoms with Gasteiger partial charge in [0.25, 0.3) is 5.91 Å². The molecule has 1 unspecified atom stereocenters. The van der Waals surface area contributed by atoms with E-state index in [0.717, 1.165) is 25.0 Å². The second-order valence-corrected chi connectivity index (χ2v) is 5.09. The first-order valence-corrected chi connectivity index (χ1v) is 6.61. The van der Waals surface area contributed by atoms with Crippen LogP contribution in [0.2, 0.25) is 0 Å². The smallest absolute Gasteiger partial charge is 0.254 e. The summed E-state index contributed by atoms with van der Waals surface area (Å²) in [5, 5.41) is 9.78. The third kappa shape index (κ3) is 2.38. The average Bonchev–Trinajstić information content (AvgIpc) is 2.85. The van der Waals surface area contributed by atoms with E-state index < -0.39 is 0 Å². The quantitative estimate of drug-likeness (QED) is 0.862. The Balaban J connectivity index is 1.70. The van der Waals surface area contributed by atoms with E-state index in [0.29, 0.717) is 5.56 Å². The third-order valence-electron chi connectivity index (χ3n) is 3.76. The first-order valence-electron chi connectivity index (χ1n) is 6.61. The maximum Gasteiger partial charge on any atom is 0.254 e. The van der Waals surface area contributed by atoms with E-state index in [1.807, 2.05) is 6.92 Å². The van der Waals surface area contributed by atoms with Crippen LogP contribution in [-0.4, -0.2) is 22.1 Å². The molecule has 98 valence electrons. The van der Waals surface area contributed by atoms with Crippen LogP contribution < -0.4 is 5.32 Å². The minimum Gasteiger partial charge on any atom is -0.349 e. The number of hydrogen-bond donors (Lipinski definition) is 2. The lowest BCUT2D eigenvalue weighted by atomic mass is 9.88. The zero-order chi connectivity index (χ0) is 13.2. The molecular formula is C15H17N3O. The molecule has 1 aliphatic carbocycles. The van der Waals surface area contributed by atoms with Crippen LogP contribution in [0, 0.1) is 6.92 Å². The Hall–Kier alpha value is -2.10. The summed E-state index contributed by atoms with van der Waals surface area (Å²) in [7, 11) is 0. The molecule has 0 aliphatic heterocycles. The second kappa shape index (κ2) is 4.88. The number of aromatic nitrogens is 2. The van der Waals surface area contributed by atoms with Crippen molar-refractivity contribution in [3.05, 3.63) is 52.8 Å². The van der Waals surface area contributed by atoms with Crippen molar-refractivity contribution in [3.63, 3.8) is 0 Å². The Morgan fingerprint density at radius 1 is 1.37 bits per heavy atom. The molecule has 4 heteroatoms. The second-order valence-electron chi connectivity index (χ2n) is 5.09. The number of benzene rings is 1. The Morgan fingerprint density at radius 3 is 2.89 bits per heavy atom. The number of fused-ring (bicyclic) bond motifs is 1. The molecule has 3 rings (SSSR count). The Morgan fingerprint density at radius 2 is 2.16 bits per heavy atom. The third-order valence-corrected chi connectivity index (χ3v) is 3.76. The van der Waals surface area contributed by atoms with Crippen molar-refractivity contribution in [2.45, 2.75) is 32.2 Å². The van der Waals surface area contributed by atoms with E-state index in [2.05, 4.69) is 39.8 Å². The molecule has 0 saturated carbocycles. The Bertz CT molecular complexity index is 603. The Labute approximate surface area is 112 Å². The van der Waals surface area contributed by atoms with E-state index in [1.165, 1.54) is 11.1 Å². The topological polar surface area (TPSA) is 57.8 Å². The minimum atomic E-state index is -0.0318. The van der Waals surface area contributed by atoms with E-state index in [4.69, 9.17) is 0 Å². The van der Waals surface area contributed by atoms with Gasteiger partial charge >= 0.3 is 0 Å². The van der Waals surface area contributed by atoms with Gasteiger partial charge in [-0.2, -0.15) is 5.10 Å². The molecule has 0 spiro atoms. The fourth-order valence-corrected chi connectivity index (χ4v) is 2.66. The summed E-state index contributed by atoms with van der Waals surface area (Å²) in [5.74, 6) is -0.0318. The molecule has 19 heavy (non-hydrogen) atoms. The molecule has 1 amide bonds. The van der Waals surface area contributed by atoms with Crippen LogP contribution in [0.4, 0.5) is 0 Å². The number of nitrogens with one attached hydrogen (secondary N) is 2. The van der Waals surface area contributed by atoms with Gasteiger partial charge in [-0.25, -0.2) is 0 Å². The van der Waals surface area contributed by atoms with Gasteiger partial charge in [-0.05, 0) is 37.3 Å². The average molecular weight is 255 g/mol. The zero-order valence-corrected chi connectivity index (χ0v) is 10.9. The molecule has 1 aromatic carbocycles. The van der Waals surface area contributed by atoms with Gasteiger partial charge in [0.1, 0.15) is 0 Å². The molecule has 4 nitrogen and oxygen atoms in total. The van der Waals surface area contributed by atoms with Gasteiger partial charge in [-0.1, -0.05) is 24.3 Å². The van der Waals surface area contributed by atoms with Crippen molar-refractivity contribution >= 4 is 5.91 Å². The van der Waals surface area contributed by atoms with Crippen molar-refractivity contribution in [1.29, 1.82) is 0 Å². The maximum absolute atomic E-state index is 12.1. The first kappa shape index (κ1) is 12.0. The highest BCUT2D eigenvalue weighted by molar-refractivity contribution is 5.95. The van der Waals surface area contributed by atoms with Gasteiger partial charge in [0, 0.05) is 11.7 Å². The molecule has 1 aromatic heterocycles. The van der Waals surface area contributed by atoms with Gasteiger partial charge in [-0.3, -0.25) is 9.89 Å². The van der Waals surface area contributed by atoms with Crippen LogP contribution in [0.3, 0.4) is 0 Å². The monoisotopic (exact) mass is 255 g/mol. The summed E-state index contributed by atoms with van der Waals surface area (Å²) in [6, 6.07) is 8.68. The van der Waals surface area contributed by atoms with Crippen LogP contribution in [0.5, 0.6) is 0 Å². The normalized spacial score (nSPS) is 17.8. The summed E-state index contributed by atoms with van der Waals surface area (Å²) in [6.45, 7) is 1.86. The van der Waals surface area contributed by atoms with Gasteiger partial charge in [-0.15, -0.1) is 0 Å². The number of H-pyrrole nitrogens is 1. The first-order chi connectivity index (χ1) is 9.24. The number of hydrogen-bond acceptors (Lipinski definition) is 2. The number of aryl methyl sites for hydroxylation is 2. The standard InChI is InChI=1S/C15H17N3O/c1-10-14(9-16-18-10)15(19)17-13-7-6-11-4-2-3-5-12(11)8-13/h2-5,9,13H,6-8H2,1H3,(H,16,18)(H,17,19). The zero-order valence-electron chi connectivity index (χ0n) is 10.9. The lowest BCUT2D eigenvalue weighted by Crippen LogP contribution is -2.38. The molecule has 0 bridgehead atoms. The minimum absolute atomic E-state index is 0.0318. The highest BCUT2D eigenvalue weighted by Gasteiger charge is 2.21. The predicted octanol–water partition coefficient (Wildman–Crippen LogP) is 2.01. The fourth-order valence-electron chi connectivity index (χ4n) is 2.66. The van der Waals surface area contributed by atoms with Crippen molar-refractivity contribution in [3.8, 4) is 0 Å². The molecule has 1 aliphatic rings. The van der Waals surface area contributed by atoms with Crippen molar-refractivity contribution in [2.24, 2.45) is 0 Å². The maximum atomic E-state index is 12.1. The molecule has 0 saturated heterocycles. The van der Waals surface area contributed by atoms with Crippen LogP contribution in [-0.2, 0) is 12.8 Å². The summed E-state index contributed by atoms with van der Waals surface area (Å²) in [4.78, 5) is 12.1. The summed E-state index contributed by atoms with van der Waals surface area (Å²) < 4.78 is 0. The van der Waals surface area contributed by atoms with Gasteiger partial charge in [0.2, 0.25) is 0 Å². The number of rotatable bonds is 2. The van der Waals surface area contributed by atoms with Gasteiger partial charge in [0.05, 0.1) is 11.8 Å². The van der Waals surface area contributed by atoms with Crippen LogP contribution >= 0.6 is 0 Å². The Kier molecular flexibility index (Phi) is 3.07. The number of amides is 1. The number of carbonyl (C=O) groups is 1. The summed E-state index contributed by atoms with van der Waals surface area (Å²) in [5.41, 5.74) is 4.21. The summed E-state index contributed by atoms with van der Waals surface area (Å²) in [6.07, 6.45) is 4.53. The largest absolute Gasteiger partial charge is 0.349 e. The summed E-state index contributed by atoms with van der Waals surface area (Å²) >= 11 is 0. The lowest BCUT2D eigenvalue weighted by Gasteiger charge is -2.25. The molecule has 1 atom stereocenters. The molecule has 2 aromatic rings. The van der Waals surface area contributed by atoms with E-state index in [-0.39, 0.29) is 11.9 Å². The van der Waals surface area contributed by atoms with Crippen LogP contribution in [0.15, 0.2) is 30.5 Å². The van der Waals surface area contributed by atoms with E-state index in [9.17, 15) is 4.79 Å². The number of carbonyl (C=O) groups excluding carboxylic acids is 1. The molecule has 1 heterocycles. The molecular weight excluding hydrogens is 238 g/mol. The van der Waals surface area contributed by atoms with Gasteiger partial charge in [0.15, 0.2) is 0 Å². The van der Waals surface area contributed by atoms with E-state index >= 15 is 0 Å². The van der Waals surface area contributed by atoms with Crippen molar-refractivity contribution in [1.82, 2.24) is 15.5 Å². The molecule has 2 N–H and O–H groups in total. The van der Waals surface area contributed by atoms with Crippen molar-refractivity contribution in [2.75, 3.05) is 0 Å². The lowest BCUT2D eigenvalue weighted by molar-refractivity contribution is 0.0933. The fraction of sp³-hybridized carbons (Fsp3) is 0.333. The number of nitrogens with zero attached hydrogens (tertiary/aromatic N) is 1. The highest BCUT2D eigenvalue weighted by Crippen LogP contribution is 2.21. The van der Waals surface area contributed by atoms with Crippen molar-refractivity contribution < 1.29 is 4.79 Å². The molecule has 0 radical (unpaired) electrons. The predicted molar refractivity (Wildman–Crippen MR) is 73.0 cm³/mol. The SMILES string of the molecule is Cc1[nH]ncc1C(=O)NC1CCc2ccccc2C1. The van der Waals surface area contributed by atoms with Crippen LogP contribution in [0.25, 0.3) is 0 Å². The molecule has 0 fully saturated rings. The number of aromatic amines is 1. The van der Waals surface area contributed by atoms with Gasteiger partial charge < -0.3 is 5.32 Å². The highest BCUT2D eigenvalue weighted by atomic mass is 16.1. The van der Waals surface area contributed by atoms with Crippen LogP contribution in [0.1, 0.15) is 33.6 Å². The van der Waals surface area contributed by atoms with E-state index in [1.54, 1.807) is 6.20 Å².